The molecule has 0 radical (unpaired) electrons. The number of rotatable bonds is 6. The summed E-state index contributed by atoms with van der Waals surface area (Å²) in [5.74, 6) is 3.14. The number of pyridine rings is 1. The molecule has 3 fully saturated rings. The van der Waals surface area contributed by atoms with Crippen LogP contribution < -0.4 is 10.1 Å². The zero-order valence-corrected chi connectivity index (χ0v) is 18.6. The van der Waals surface area contributed by atoms with Crippen molar-refractivity contribution in [1.82, 2.24) is 10.3 Å². The van der Waals surface area contributed by atoms with E-state index in [1.807, 2.05) is 13.0 Å². The van der Waals surface area contributed by atoms with E-state index in [1.165, 1.54) is 50.5 Å². The Morgan fingerprint density at radius 1 is 1.03 bits per heavy atom. The van der Waals surface area contributed by atoms with Gasteiger partial charge in [-0.15, -0.1) is 0 Å². The number of benzene rings is 1. The Bertz CT molecular complexity index is 921. The van der Waals surface area contributed by atoms with Crippen LogP contribution in [0, 0.1) is 24.7 Å². The Morgan fingerprint density at radius 3 is 2.68 bits per heavy atom. The van der Waals surface area contributed by atoms with E-state index in [2.05, 4.69) is 34.6 Å². The molecule has 31 heavy (non-hydrogen) atoms. The summed E-state index contributed by atoms with van der Waals surface area (Å²) in [5.41, 5.74) is 3.07. The van der Waals surface area contributed by atoms with Crippen molar-refractivity contribution in [3.63, 3.8) is 0 Å². The molecule has 3 aliphatic rings. The van der Waals surface area contributed by atoms with Crippen molar-refractivity contribution in [1.29, 1.82) is 0 Å². The van der Waals surface area contributed by atoms with Gasteiger partial charge in [0.15, 0.2) is 0 Å². The summed E-state index contributed by atoms with van der Waals surface area (Å²) in [5, 5.41) is 3.33. The number of para-hydroxylation sites is 1. The average Bonchev–Trinajstić information content (AvgIpc) is 3.50. The second kappa shape index (κ2) is 9.02. The second-order valence-electron chi connectivity index (χ2n) is 9.91. The van der Waals surface area contributed by atoms with Crippen molar-refractivity contribution in [2.45, 2.75) is 76.9 Å². The first kappa shape index (κ1) is 20.5. The highest BCUT2D eigenvalue weighted by atomic mass is 16.5. The lowest BCUT2D eigenvalue weighted by Gasteiger charge is -2.23. The van der Waals surface area contributed by atoms with E-state index in [9.17, 15) is 4.79 Å². The first-order valence-corrected chi connectivity index (χ1v) is 12.1. The quantitative estimate of drug-likeness (QED) is 0.675. The molecule has 0 aliphatic heterocycles. The number of amides is 1. The van der Waals surface area contributed by atoms with E-state index in [1.54, 1.807) is 12.4 Å². The number of fused-ring (bicyclic) bond motifs is 1. The number of carbonyl (C=O) groups excluding carboxylic acids is 1. The molecule has 3 aliphatic carbocycles. The van der Waals surface area contributed by atoms with Crippen molar-refractivity contribution >= 4 is 5.91 Å². The van der Waals surface area contributed by atoms with Gasteiger partial charge in [-0.05, 0) is 106 Å². The Labute approximate surface area is 185 Å². The van der Waals surface area contributed by atoms with Gasteiger partial charge in [0.25, 0.3) is 5.91 Å². The van der Waals surface area contributed by atoms with Crippen LogP contribution in [0.2, 0.25) is 0 Å². The molecule has 4 nitrogen and oxygen atoms in total. The molecule has 1 aromatic heterocycles. The molecule has 1 aromatic carbocycles. The predicted molar refractivity (Wildman–Crippen MR) is 122 cm³/mol. The van der Waals surface area contributed by atoms with E-state index in [-0.39, 0.29) is 5.91 Å². The highest BCUT2D eigenvalue weighted by Crippen LogP contribution is 2.49. The number of aryl methyl sites for hydroxylation is 1. The monoisotopic (exact) mass is 418 g/mol. The summed E-state index contributed by atoms with van der Waals surface area (Å²) in [6.45, 7) is 1.98. The molecule has 2 aromatic rings. The molecular weight excluding hydrogens is 384 g/mol. The zero-order chi connectivity index (χ0) is 21.2. The summed E-state index contributed by atoms with van der Waals surface area (Å²) < 4.78 is 6.40. The number of ether oxygens (including phenoxy) is 1. The topological polar surface area (TPSA) is 51.2 Å². The first-order chi connectivity index (χ1) is 15.2. The highest BCUT2D eigenvalue weighted by molar-refractivity contribution is 5.94. The van der Waals surface area contributed by atoms with Gasteiger partial charge in [-0.1, -0.05) is 18.2 Å². The Morgan fingerprint density at radius 2 is 1.84 bits per heavy atom. The van der Waals surface area contributed by atoms with Crippen LogP contribution in [0.3, 0.4) is 0 Å². The van der Waals surface area contributed by atoms with Crippen LogP contribution in [0.1, 0.15) is 72.9 Å². The fourth-order valence-electron chi connectivity index (χ4n) is 6.34. The van der Waals surface area contributed by atoms with Crippen molar-refractivity contribution in [3.8, 4) is 5.75 Å². The van der Waals surface area contributed by atoms with Gasteiger partial charge in [-0.3, -0.25) is 9.78 Å². The number of nitrogens with zero attached hydrogens (tertiary/aromatic N) is 1. The summed E-state index contributed by atoms with van der Waals surface area (Å²) in [6, 6.07) is 10.9. The van der Waals surface area contributed by atoms with E-state index in [0.29, 0.717) is 35.5 Å². The zero-order valence-electron chi connectivity index (χ0n) is 18.6. The first-order valence-electron chi connectivity index (χ1n) is 12.1. The van der Waals surface area contributed by atoms with Crippen molar-refractivity contribution in [2.24, 2.45) is 17.8 Å². The number of carbonyl (C=O) groups is 1. The second-order valence-corrected chi connectivity index (χ2v) is 9.91. The number of nitrogens with one attached hydrogen (secondary N) is 1. The molecule has 1 heterocycles. The minimum absolute atomic E-state index is 0.0283. The third-order valence-electron chi connectivity index (χ3n) is 7.86. The standard InChI is InChI=1S/C27H34N2O2/c1-18-14-21(17-28-16-18)27(30)29-25-13-12-23-19(10-11-24(23)25)15-20-6-2-5-9-26(20)31-22-7-3-4-8-22/h2,5-6,9,14,16-17,19,22-25H,3-4,7-8,10-13,15H2,1H3,(H,29,30)/t19?,23-,24+,25-/m0/s1. The maximum absolute atomic E-state index is 12.8. The largest absolute Gasteiger partial charge is 0.490 e. The third kappa shape index (κ3) is 4.49. The SMILES string of the molecule is Cc1cncc(C(=O)N[C@H]2CC[C@H]3C(Cc4ccccc4OC4CCCC4)CC[C@@H]23)c1. The van der Waals surface area contributed by atoms with Crippen molar-refractivity contribution in [3.05, 3.63) is 59.4 Å². The van der Waals surface area contributed by atoms with Crippen molar-refractivity contribution < 1.29 is 9.53 Å². The minimum Gasteiger partial charge on any atom is -0.490 e. The molecule has 1 N–H and O–H groups in total. The van der Waals surface area contributed by atoms with Gasteiger partial charge in [0.1, 0.15) is 5.75 Å². The van der Waals surface area contributed by atoms with Gasteiger partial charge >= 0.3 is 0 Å². The molecular formula is C27H34N2O2. The van der Waals surface area contributed by atoms with Gasteiger partial charge in [-0.25, -0.2) is 0 Å². The highest BCUT2D eigenvalue weighted by Gasteiger charge is 2.45. The van der Waals surface area contributed by atoms with Crippen LogP contribution in [0.5, 0.6) is 5.75 Å². The fourth-order valence-corrected chi connectivity index (χ4v) is 6.34. The number of aromatic nitrogens is 1. The fraction of sp³-hybridized carbons (Fsp3) is 0.556. The molecule has 4 heteroatoms. The van der Waals surface area contributed by atoms with Crippen LogP contribution in [-0.4, -0.2) is 23.0 Å². The van der Waals surface area contributed by atoms with Crippen LogP contribution >= 0.6 is 0 Å². The predicted octanol–water partition coefficient (Wildman–Crippen LogP) is 5.49. The van der Waals surface area contributed by atoms with Crippen molar-refractivity contribution in [2.75, 3.05) is 0 Å². The maximum Gasteiger partial charge on any atom is 0.253 e. The third-order valence-corrected chi connectivity index (χ3v) is 7.86. The lowest BCUT2D eigenvalue weighted by molar-refractivity contribution is 0.0925. The summed E-state index contributed by atoms with van der Waals surface area (Å²) >= 11 is 0. The van der Waals surface area contributed by atoms with E-state index in [4.69, 9.17) is 4.74 Å². The molecule has 0 bridgehead atoms. The number of hydrogen-bond donors (Lipinski definition) is 1. The van der Waals surface area contributed by atoms with E-state index >= 15 is 0 Å². The average molecular weight is 419 g/mol. The van der Waals surface area contributed by atoms with E-state index in [0.717, 1.165) is 24.2 Å². The molecule has 0 spiro atoms. The van der Waals surface area contributed by atoms with Gasteiger partial charge in [0, 0.05) is 18.4 Å². The Balaban J connectivity index is 1.22. The van der Waals surface area contributed by atoms with Gasteiger partial charge in [0.05, 0.1) is 11.7 Å². The van der Waals surface area contributed by atoms with Gasteiger partial charge in [0.2, 0.25) is 0 Å². The molecule has 1 unspecified atom stereocenters. The smallest absolute Gasteiger partial charge is 0.253 e. The summed E-state index contributed by atoms with van der Waals surface area (Å²) in [4.78, 5) is 16.9. The lowest BCUT2D eigenvalue weighted by atomic mass is 9.86. The van der Waals surface area contributed by atoms with E-state index < -0.39 is 0 Å². The molecule has 1 amide bonds. The summed E-state index contributed by atoms with van der Waals surface area (Å²) in [7, 11) is 0. The number of hydrogen-bond acceptors (Lipinski definition) is 3. The maximum atomic E-state index is 12.8. The normalized spacial score (nSPS) is 27.9. The molecule has 164 valence electrons. The summed E-state index contributed by atoms with van der Waals surface area (Å²) in [6.07, 6.45) is 14.7. The molecule has 4 atom stereocenters. The lowest BCUT2D eigenvalue weighted by Crippen LogP contribution is -2.37. The van der Waals surface area contributed by atoms with Gasteiger partial charge < -0.3 is 10.1 Å². The molecule has 5 rings (SSSR count). The van der Waals surface area contributed by atoms with Crippen LogP contribution in [0.25, 0.3) is 0 Å². The Kier molecular flexibility index (Phi) is 5.97. The van der Waals surface area contributed by atoms with Crippen LogP contribution in [0.15, 0.2) is 42.7 Å². The minimum atomic E-state index is 0.0283. The molecule has 3 saturated carbocycles. The van der Waals surface area contributed by atoms with Gasteiger partial charge in [-0.2, -0.15) is 0 Å². The molecule has 0 saturated heterocycles. The van der Waals surface area contributed by atoms with Crippen LogP contribution in [0.4, 0.5) is 0 Å². The Hall–Kier alpha value is -2.36. The van der Waals surface area contributed by atoms with Crippen LogP contribution in [-0.2, 0) is 6.42 Å².